The molecule has 0 heterocycles. The lowest BCUT2D eigenvalue weighted by molar-refractivity contribution is -0.150. The highest BCUT2D eigenvalue weighted by Crippen LogP contribution is 2.29. The van der Waals surface area contributed by atoms with Crippen molar-refractivity contribution >= 4 is 32.1 Å². The number of halogens is 1. The van der Waals surface area contributed by atoms with Crippen molar-refractivity contribution in [1.29, 1.82) is 0 Å². The molecule has 0 N–H and O–H groups in total. The molecule has 92 valence electrons. The van der Waals surface area contributed by atoms with E-state index in [0.717, 1.165) is 9.14 Å². The number of rotatable bonds is 4. The second kappa shape index (κ2) is 6.19. The Morgan fingerprint density at radius 1 is 1.35 bits per heavy atom. The molecule has 3 heteroatoms. The standard InChI is InChI=1S/C14H17IO2/c1-4-17-13(16)14(2,3)10-12(15)11-8-6-5-7-9-11/h5-10H,4H2,1-3H3/b12-10+. The van der Waals surface area contributed by atoms with Crippen molar-refractivity contribution in [3.05, 3.63) is 42.0 Å². The van der Waals surface area contributed by atoms with E-state index < -0.39 is 5.41 Å². The SMILES string of the molecule is CCOC(=O)C(C)(C)/C=C(/I)c1ccccc1. The van der Waals surface area contributed by atoms with Crippen molar-refractivity contribution in [2.75, 3.05) is 6.61 Å². The number of esters is 1. The summed E-state index contributed by atoms with van der Waals surface area (Å²) in [5, 5.41) is 0. The lowest BCUT2D eigenvalue weighted by Crippen LogP contribution is -2.24. The zero-order valence-electron chi connectivity index (χ0n) is 10.4. The Hall–Kier alpha value is -0.840. The van der Waals surface area contributed by atoms with Gasteiger partial charge in [0, 0.05) is 3.58 Å². The smallest absolute Gasteiger partial charge is 0.315 e. The maximum Gasteiger partial charge on any atom is 0.315 e. The maximum absolute atomic E-state index is 11.8. The molecule has 0 aromatic heterocycles. The molecule has 1 aromatic rings. The van der Waals surface area contributed by atoms with Crippen LogP contribution in [0.2, 0.25) is 0 Å². The molecular formula is C14H17IO2. The molecule has 0 aliphatic rings. The molecule has 1 aromatic carbocycles. The van der Waals surface area contributed by atoms with Crippen LogP contribution in [0.15, 0.2) is 36.4 Å². The normalized spacial score (nSPS) is 12.4. The third-order valence-corrected chi connectivity index (χ3v) is 3.27. The lowest BCUT2D eigenvalue weighted by Gasteiger charge is -2.18. The van der Waals surface area contributed by atoms with E-state index in [9.17, 15) is 4.79 Å². The van der Waals surface area contributed by atoms with Crippen molar-refractivity contribution in [1.82, 2.24) is 0 Å². The van der Waals surface area contributed by atoms with Gasteiger partial charge in [0.05, 0.1) is 12.0 Å². The molecule has 0 fully saturated rings. The molecule has 0 amide bonds. The van der Waals surface area contributed by atoms with E-state index in [4.69, 9.17) is 4.74 Å². The zero-order valence-corrected chi connectivity index (χ0v) is 12.5. The maximum atomic E-state index is 11.8. The van der Waals surface area contributed by atoms with Crippen LogP contribution in [0.4, 0.5) is 0 Å². The molecule has 0 saturated heterocycles. The Kier molecular flexibility index (Phi) is 5.18. The van der Waals surface area contributed by atoms with Gasteiger partial charge in [-0.2, -0.15) is 0 Å². The Balaban J connectivity index is 2.91. The van der Waals surface area contributed by atoms with Gasteiger partial charge < -0.3 is 4.74 Å². The van der Waals surface area contributed by atoms with Gasteiger partial charge in [-0.15, -0.1) is 0 Å². The van der Waals surface area contributed by atoms with Gasteiger partial charge in [-0.1, -0.05) is 36.4 Å². The Morgan fingerprint density at radius 2 is 1.94 bits per heavy atom. The Bertz CT molecular complexity index is 407. The third-order valence-electron chi connectivity index (χ3n) is 2.34. The summed E-state index contributed by atoms with van der Waals surface area (Å²) >= 11 is 2.25. The first-order chi connectivity index (χ1) is 7.97. The number of hydrogen-bond donors (Lipinski definition) is 0. The van der Waals surface area contributed by atoms with E-state index in [-0.39, 0.29) is 5.97 Å². The van der Waals surface area contributed by atoms with Crippen LogP contribution in [0, 0.1) is 5.41 Å². The average Bonchev–Trinajstić information content (AvgIpc) is 2.30. The number of carbonyl (C=O) groups is 1. The van der Waals surface area contributed by atoms with E-state index >= 15 is 0 Å². The van der Waals surface area contributed by atoms with Crippen molar-refractivity contribution in [3.8, 4) is 0 Å². The minimum absolute atomic E-state index is 0.190. The molecule has 0 atom stereocenters. The molecule has 0 radical (unpaired) electrons. The van der Waals surface area contributed by atoms with Crippen LogP contribution in [0.1, 0.15) is 26.3 Å². The van der Waals surface area contributed by atoms with Crippen LogP contribution < -0.4 is 0 Å². The molecular weight excluding hydrogens is 327 g/mol. The van der Waals surface area contributed by atoms with Gasteiger partial charge in [0.15, 0.2) is 0 Å². The van der Waals surface area contributed by atoms with Crippen LogP contribution in [0.5, 0.6) is 0 Å². The quantitative estimate of drug-likeness (QED) is 0.608. The highest BCUT2D eigenvalue weighted by atomic mass is 127. The second-order valence-corrected chi connectivity index (χ2v) is 5.46. The number of hydrogen-bond acceptors (Lipinski definition) is 2. The third kappa shape index (κ3) is 4.15. The number of carbonyl (C=O) groups excluding carboxylic acids is 1. The summed E-state index contributed by atoms with van der Waals surface area (Å²) in [6, 6.07) is 10.0. The fraction of sp³-hybridized carbons (Fsp3) is 0.357. The van der Waals surface area contributed by atoms with E-state index in [0.29, 0.717) is 6.61 Å². The summed E-state index contributed by atoms with van der Waals surface area (Å²) in [5.41, 5.74) is 0.521. The fourth-order valence-corrected chi connectivity index (χ4v) is 2.51. The lowest BCUT2D eigenvalue weighted by atomic mass is 9.92. The topological polar surface area (TPSA) is 26.3 Å². The molecule has 0 unspecified atom stereocenters. The molecule has 0 saturated carbocycles. The molecule has 0 spiro atoms. The summed E-state index contributed by atoms with van der Waals surface area (Å²) in [6.07, 6.45) is 1.95. The molecule has 0 aliphatic heterocycles. The van der Waals surface area contributed by atoms with Crippen molar-refractivity contribution < 1.29 is 9.53 Å². The summed E-state index contributed by atoms with van der Waals surface area (Å²) in [4.78, 5) is 11.8. The highest BCUT2D eigenvalue weighted by Gasteiger charge is 2.27. The summed E-state index contributed by atoms with van der Waals surface area (Å²) in [6.45, 7) is 5.97. The Morgan fingerprint density at radius 3 is 2.47 bits per heavy atom. The molecule has 17 heavy (non-hydrogen) atoms. The van der Waals surface area contributed by atoms with Gasteiger partial charge >= 0.3 is 5.97 Å². The molecule has 2 nitrogen and oxygen atoms in total. The van der Waals surface area contributed by atoms with E-state index in [2.05, 4.69) is 22.6 Å². The predicted octanol–water partition coefficient (Wildman–Crippen LogP) is 4.05. The zero-order chi connectivity index (χ0) is 12.9. The summed E-state index contributed by atoms with van der Waals surface area (Å²) < 4.78 is 6.11. The number of benzene rings is 1. The Labute approximate surface area is 116 Å². The first-order valence-electron chi connectivity index (χ1n) is 5.58. The first-order valence-corrected chi connectivity index (χ1v) is 6.66. The van der Waals surface area contributed by atoms with E-state index in [1.54, 1.807) is 0 Å². The summed E-state index contributed by atoms with van der Waals surface area (Å²) in [7, 11) is 0. The predicted molar refractivity (Wildman–Crippen MR) is 78.9 cm³/mol. The largest absolute Gasteiger partial charge is 0.465 e. The van der Waals surface area contributed by atoms with Crippen LogP contribution in [0.25, 0.3) is 3.58 Å². The first kappa shape index (κ1) is 14.2. The van der Waals surface area contributed by atoms with E-state index in [1.807, 2.05) is 57.2 Å². The summed E-state index contributed by atoms with van der Waals surface area (Å²) in [5.74, 6) is -0.190. The van der Waals surface area contributed by atoms with Crippen molar-refractivity contribution in [2.24, 2.45) is 5.41 Å². The minimum Gasteiger partial charge on any atom is -0.465 e. The van der Waals surface area contributed by atoms with Gasteiger partial charge in [-0.05, 0) is 48.9 Å². The molecule has 0 aliphatic carbocycles. The van der Waals surface area contributed by atoms with E-state index in [1.165, 1.54) is 0 Å². The fourth-order valence-electron chi connectivity index (χ4n) is 1.37. The second-order valence-electron chi connectivity index (χ2n) is 4.30. The van der Waals surface area contributed by atoms with Crippen LogP contribution in [-0.2, 0) is 9.53 Å². The van der Waals surface area contributed by atoms with Gasteiger partial charge in [-0.25, -0.2) is 0 Å². The van der Waals surface area contributed by atoms with Crippen molar-refractivity contribution in [3.63, 3.8) is 0 Å². The number of ether oxygens (including phenoxy) is 1. The van der Waals surface area contributed by atoms with Crippen LogP contribution >= 0.6 is 22.6 Å². The van der Waals surface area contributed by atoms with Gasteiger partial charge in [-0.3, -0.25) is 4.79 Å². The minimum atomic E-state index is -0.595. The van der Waals surface area contributed by atoms with Crippen molar-refractivity contribution in [2.45, 2.75) is 20.8 Å². The van der Waals surface area contributed by atoms with Gasteiger partial charge in [0.1, 0.15) is 0 Å². The van der Waals surface area contributed by atoms with Crippen LogP contribution in [-0.4, -0.2) is 12.6 Å². The molecule has 0 bridgehead atoms. The monoisotopic (exact) mass is 344 g/mol. The average molecular weight is 344 g/mol. The molecule has 1 rings (SSSR count). The highest BCUT2D eigenvalue weighted by molar-refractivity contribution is 14.1. The van der Waals surface area contributed by atoms with Gasteiger partial charge in [0.25, 0.3) is 0 Å². The van der Waals surface area contributed by atoms with Gasteiger partial charge in [0.2, 0.25) is 0 Å². The van der Waals surface area contributed by atoms with Crippen LogP contribution in [0.3, 0.4) is 0 Å².